The van der Waals surface area contributed by atoms with Gasteiger partial charge in [-0.05, 0) is 39.0 Å². The second-order valence-electron chi connectivity index (χ2n) is 6.65. The van der Waals surface area contributed by atoms with Gasteiger partial charge in [-0.2, -0.15) is 5.10 Å². The number of piperidine rings is 1. The molecule has 0 saturated carbocycles. The summed E-state index contributed by atoms with van der Waals surface area (Å²) in [6.45, 7) is 3.48. The molecular weight excluding hydrogens is 320 g/mol. The van der Waals surface area contributed by atoms with E-state index in [1.165, 1.54) is 6.20 Å². The van der Waals surface area contributed by atoms with Crippen molar-refractivity contribution in [1.29, 1.82) is 0 Å². The molecule has 3 rings (SSSR count). The number of aromatic nitrogens is 2. The van der Waals surface area contributed by atoms with E-state index in [4.69, 9.17) is 10.5 Å². The van der Waals surface area contributed by atoms with Crippen LogP contribution in [-0.2, 0) is 9.53 Å². The third-order valence-corrected chi connectivity index (χ3v) is 5.07. The Morgan fingerprint density at radius 1 is 1.28 bits per heavy atom. The molecule has 1 fully saturated rings. The van der Waals surface area contributed by atoms with E-state index >= 15 is 0 Å². The molecule has 0 radical (unpaired) electrons. The molecule has 2 heterocycles. The number of rotatable bonds is 4. The molecule has 1 aliphatic heterocycles. The van der Waals surface area contributed by atoms with Crippen LogP contribution in [0.25, 0.3) is 0 Å². The van der Waals surface area contributed by atoms with E-state index < -0.39 is 5.97 Å². The van der Waals surface area contributed by atoms with Crippen LogP contribution in [0.4, 0.5) is 5.82 Å². The Morgan fingerprint density at radius 3 is 2.68 bits per heavy atom. The number of hydrogen-bond acceptors (Lipinski definition) is 5. The summed E-state index contributed by atoms with van der Waals surface area (Å²) in [5, 5.41) is 4.28. The quantitative estimate of drug-likeness (QED) is 0.666. The smallest absolute Gasteiger partial charge is 0.343 e. The lowest BCUT2D eigenvalue weighted by molar-refractivity contribution is -0.137. The van der Waals surface area contributed by atoms with Crippen LogP contribution in [-0.4, -0.2) is 46.3 Å². The lowest BCUT2D eigenvalue weighted by atomic mass is 9.92. The molecule has 1 aliphatic carbocycles. The standard InChI is InChI=1S/C18H26N4O3/c1-2-25-18(24)15-12-20-22(16(15)19)14-8-10-21(11-9-14)17(23)13-6-4-3-5-7-13/h3-4,12-14H,2,5-11,19H2,1H3. The van der Waals surface area contributed by atoms with Crippen molar-refractivity contribution in [1.82, 2.24) is 14.7 Å². The minimum Gasteiger partial charge on any atom is -0.462 e. The third-order valence-electron chi connectivity index (χ3n) is 5.07. The SMILES string of the molecule is CCOC(=O)c1cnn(C2CCN(C(=O)C3CC=CCC3)CC2)c1N. The zero-order valence-corrected chi connectivity index (χ0v) is 14.7. The zero-order chi connectivity index (χ0) is 17.8. The van der Waals surface area contributed by atoms with Gasteiger partial charge in [-0.3, -0.25) is 4.79 Å². The first-order valence-corrected chi connectivity index (χ1v) is 9.05. The zero-order valence-electron chi connectivity index (χ0n) is 14.7. The number of hydrogen-bond donors (Lipinski definition) is 1. The number of nitrogens with two attached hydrogens (primary N) is 1. The maximum Gasteiger partial charge on any atom is 0.343 e. The molecule has 2 aliphatic rings. The molecule has 25 heavy (non-hydrogen) atoms. The van der Waals surface area contributed by atoms with Gasteiger partial charge in [-0.25, -0.2) is 9.48 Å². The summed E-state index contributed by atoms with van der Waals surface area (Å²) in [5.74, 6) is 0.306. The fourth-order valence-electron chi connectivity index (χ4n) is 3.64. The van der Waals surface area contributed by atoms with Crippen molar-refractivity contribution in [2.75, 3.05) is 25.4 Å². The van der Waals surface area contributed by atoms with Gasteiger partial charge < -0.3 is 15.4 Å². The Hall–Kier alpha value is -2.31. The highest BCUT2D eigenvalue weighted by atomic mass is 16.5. The lowest BCUT2D eigenvalue weighted by Gasteiger charge is -2.35. The number of anilines is 1. The number of carbonyl (C=O) groups excluding carboxylic acids is 2. The summed E-state index contributed by atoms with van der Waals surface area (Å²) in [5.41, 5.74) is 6.40. The molecule has 0 bridgehead atoms. The molecule has 1 aromatic rings. The third kappa shape index (κ3) is 3.70. The van der Waals surface area contributed by atoms with E-state index in [1.807, 2.05) is 4.90 Å². The number of allylic oxidation sites excluding steroid dienone is 2. The van der Waals surface area contributed by atoms with E-state index in [2.05, 4.69) is 17.3 Å². The van der Waals surface area contributed by atoms with Gasteiger partial charge in [0.05, 0.1) is 18.8 Å². The average Bonchev–Trinajstić information content (AvgIpc) is 3.04. The van der Waals surface area contributed by atoms with E-state index in [0.29, 0.717) is 31.1 Å². The van der Waals surface area contributed by atoms with Crippen molar-refractivity contribution in [3.63, 3.8) is 0 Å². The van der Waals surface area contributed by atoms with Crippen LogP contribution in [0.5, 0.6) is 0 Å². The Labute approximate surface area is 147 Å². The van der Waals surface area contributed by atoms with E-state index in [0.717, 1.165) is 32.1 Å². The molecule has 0 spiro atoms. The Balaban J connectivity index is 1.60. The highest BCUT2D eigenvalue weighted by Crippen LogP contribution is 2.28. The van der Waals surface area contributed by atoms with Crippen molar-refractivity contribution in [2.45, 2.75) is 45.1 Å². The van der Waals surface area contributed by atoms with Crippen molar-refractivity contribution in [2.24, 2.45) is 5.92 Å². The fourth-order valence-corrected chi connectivity index (χ4v) is 3.64. The summed E-state index contributed by atoms with van der Waals surface area (Å²) >= 11 is 0. The molecular formula is C18H26N4O3. The fraction of sp³-hybridized carbons (Fsp3) is 0.611. The van der Waals surface area contributed by atoms with Crippen LogP contribution < -0.4 is 5.73 Å². The predicted octanol–water partition coefficient (Wildman–Crippen LogP) is 2.16. The minimum absolute atomic E-state index is 0.110. The predicted molar refractivity (Wildman–Crippen MR) is 93.9 cm³/mol. The van der Waals surface area contributed by atoms with E-state index in [-0.39, 0.29) is 17.9 Å². The van der Waals surface area contributed by atoms with Crippen molar-refractivity contribution in [3.8, 4) is 0 Å². The van der Waals surface area contributed by atoms with Crippen molar-refractivity contribution >= 4 is 17.7 Å². The molecule has 1 unspecified atom stereocenters. The second kappa shape index (κ2) is 7.72. The Morgan fingerprint density at radius 2 is 2.04 bits per heavy atom. The lowest BCUT2D eigenvalue weighted by Crippen LogP contribution is -2.42. The van der Waals surface area contributed by atoms with Gasteiger partial charge in [0.25, 0.3) is 0 Å². The summed E-state index contributed by atoms with van der Waals surface area (Å²) < 4.78 is 6.70. The number of likely N-dealkylation sites (tertiary alicyclic amines) is 1. The Bertz CT molecular complexity index is 659. The van der Waals surface area contributed by atoms with Gasteiger partial charge >= 0.3 is 5.97 Å². The van der Waals surface area contributed by atoms with Crippen LogP contribution in [0.3, 0.4) is 0 Å². The largest absolute Gasteiger partial charge is 0.462 e. The van der Waals surface area contributed by atoms with Crippen molar-refractivity contribution in [3.05, 3.63) is 23.9 Å². The molecule has 0 aromatic carbocycles. The summed E-state index contributed by atoms with van der Waals surface area (Å²) in [6, 6.07) is 0.110. The summed E-state index contributed by atoms with van der Waals surface area (Å²) in [6.07, 6.45) is 10.1. The van der Waals surface area contributed by atoms with Gasteiger partial charge in [0.2, 0.25) is 5.91 Å². The van der Waals surface area contributed by atoms with Crippen LogP contribution in [0.2, 0.25) is 0 Å². The molecule has 1 aromatic heterocycles. The first kappa shape index (κ1) is 17.5. The van der Waals surface area contributed by atoms with Gasteiger partial charge in [-0.15, -0.1) is 0 Å². The first-order valence-electron chi connectivity index (χ1n) is 9.05. The number of nitrogens with zero attached hydrogens (tertiary/aromatic N) is 3. The molecule has 136 valence electrons. The first-order chi connectivity index (χ1) is 12.1. The van der Waals surface area contributed by atoms with E-state index in [1.54, 1.807) is 11.6 Å². The van der Waals surface area contributed by atoms with Gasteiger partial charge in [0.1, 0.15) is 11.4 Å². The van der Waals surface area contributed by atoms with Gasteiger partial charge in [0, 0.05) is 19.0 Å². The molecule has 1 saturated heterocycles. The highest BCUT2D eigenvalue weighted by Gasteiger charge is 2.30. The molecule has 1 amide bonds. The van der Waals surface area contributed by atoms with E-state index in [9.17, 15) is 9.59 Å². The number of esters is 1. The number of carbonyl (C=O) groups is 2. The molecule has 1 atom stereocenters. The monoisotopic (exact) mass is 346 g/mol. The number of amides is 1. The van der Waals surface area contributed by atoms with Gasteiger partial charge in [-0.1, -0.05) is 12.2 Å². The second-order valence-corrected chi connectivity index (χ2v) is 6.65. The van der Waals surface area contributed by atoms with Crippen LogP contribution in [0.15, 0.2) is 18.3 Å². The van der Waals surface area contributed by atoms with Gasteiger partial charge in [0.15, 0.2) is 0 Å². The normalized spacial score (nSPS) is 21.3. The molecule has 7 nitrogen and oxygen atoms in total. The highest BCUT2D eigenvalue weighted by molar-refractivity contribution is 5.94. The maximum atomic E-state index is 12.6. The average molecular weight is 346 g/mol. The molecule has 2 N–H and O–H groups in total. The molecule has 7 heteroatoms. The van der Waals surface area contributed by atoms with Crippen LogP contribution in [0.1, 0.15) is 55.4 Å². The van der Waals surface area contributed by atoms with Crippen LogP contribution >= 0.6 is 0 Å². The number of ether oxygens (including phenoxy) is 1. The maximum absolute atomic E-state index is 12.6. The minimum atomic E-state index is -0.441. The summed E-state index contributed by atoms with van der Waals surface area (Å²) in [7, 11) is 0. The number of nitrogen functional groups attached to an aromatic ring is 1. The van der Waals surface area contributed by atoms with Crippen molar-refractivity contribution < 1.29 is 14.3 Å². The topological polar surface area (TPSA) is 90.5 Å². The Kier molecular flexibility index (Phi) is 5.40. The van der Waals surface area contributed by atoms with Crippen LogP contribution in [0, 0.1) is 5.92 Å². The summed E-state index contributed by atoms with van der Waals surface area (Å²) in [4.78, 5) is 26.4.